The second-order valence-electron chi connectivity index (χ2n) is 5.45. The third-order valence-electron chi connectivity index (χ3n) is 4.37. The summed E-state index contributed by atoms with van der Waals surface area (Å²) in [5, 5.41) is 3.23. The van der Waals surface area contributed by atoms with Crippen LogP contribution in [0.3, 0.4) is 0 Å². The van der Waals surface area contributed by atoms with Gasteiger partial charge in [0.1, 0.15) is 12.0 Å². The van der Waals surface area contributed by atoms with Crippen molar-refractivity contribution in [2.45, 2.75) is 45.8 Å². The molecule has 110 valence electrons. The van der Waals surface area contributed by atoms with Gasteiger partial charge in [0.15, 0.2) is 0 Å². The lowest BCUT2D eigenvalue weighted by molar-refractivity contribution is -0.131. The first-order valence-corrected chi connectivity index (χ1v) is 7.38. The largest absolute Gasteiger partial charge is 0.319 e. The maximum atomic E-state index is 13.0. The third-order valence-corrected chi connectivity index (χ3v) is 4.37. The molecule has 1 aliphatic heterocycles. The van der Waals surface area contributed by atoms with Crippen LogP contribution in [0.5, 0.6) is 0 Å². The van der Waals surface area contributed by atoms with Crippen LogP contribution in [-0.4, -0.2) is 23.4 Å². The average molecular weight is 278 g/mol. The second-order valence-corrected chi connectivity index (χ2v) is 5.45. The van der Waals surface area contributed by atoms with Crippen LogP contribution in [0.25, 0.3) is 0 Å². The molecule has 0 aromatic heterocycles. The highest BCUT2D eigenvalue weighted by atomic mass is 19.1. The van der Waals surface area contributed by atoms with Crippen molar-refractivity contribution in [1.29, 1.82) is 0 Å². The van der Waals surface area contributed by atoms with Gasteiger partial charge in [-0.25, -0.2) is 4.39 Å². The molecule has 1 N–H and O–H groups in total. The molecule has 0 aliphatic carbocycles. The molecule has 0 bridgehead atoms. The van der Waals surface area contributed by atoms with E-state index >= 15 is 0 Å². The molecule has 2 rings (SSSR count). The normalized spacial score (nSPS) is 20.8. The number of rotatable bonds is 5. The molecule has 1 amide bonds. The zero-order chi connectivity index (χ0) is 14.7. The Labute approximate surface area is 120 Å². The van der Waals surface area contributed by atoms with Gasteiger partial charge in [0.05, 0.1) is 6.54 Å². The van der Waals surface area contributed by atoms with Gasteiger partial charge in [-0.15, -0.1) is 0 Å². The van der Waals surface area contributed by atoms with E-state index in [0.29, 0.717) is 12.5 Å². The van der Waals surface area contributed by atoms with Gasteiger partial charge < -0.3 is 4.90 Å². The molecule has 1 aliphatic rings. The third kappa shape index (κ3) is 2.85. The lowest BCUT2D eigenvalue weighted by Gasteiger charge is -2.35. The van der Waals surface area contributed by atoms with E-state index < -0.39 is 0 Å². The van der Waals surface area contributed by atoms with Gasteiger partial charge >= 0.3 is 0 Å². The van der Waals surface area contributed by atoms with E-state index in [2.05, 4.69) is 26.1 Å². The van der Waals surface area contributed by atoms with Crippen molar-refractivity contribution < 1.29 is 9.18 Å². The van der Waals surface area contributed by atoms with E-state index in [1.54, 1.807) is 12.1 Å². The topological polar surface area (TPSA) is 32.3 Å². The molecule has 3 nitrogen and oxygen atoms in total. The summed E-state index contributed by atoms with van der Waals surface area (Å²) < 4.78 is 13.0. The van der Waals surface area contributed by atoms with Crippen LogP contribution in [0, 0.1) is 11.7 Å². The summed E-state index contributed by atoms with van der Waals surface area (Å²) >= 11 is 0. The molecule has 2 unspecified atom stereocenters. The average Bonchev–Trinajstić information content (AvgIpc) is 2.82. The number of nitrogens with zero attached hydrogens (tertiary/aromatic N) is 1. The summed E-state index contributed by atoms with van der Waals surface area (Å²) in [4.78, 5) is 14.1. The highest BCUT2D eigenvalue weighted by Gasteiger charge is 2.36. The zero-order valence-electron chi connectivity index (χ0n) is 12.4. The highest BCUT2D eigenvalue weighted by molar-refractivity contribution is 5.81. The number of amides is 1. The van der Waals surface area contributed by atoms with E-state index in [1.807, 2.05) is 4.90 Å². The molecule has 1 fully saturated rings. The Kier molecular flexibility index (Phi) is 4.76. The fourth-order valence-electron chi connectivity index (χ4n) is 3.10. The van der Waals surface area contributed by atoms with Crippen LogP contribution in [0.4, 0.5) is 4.39 Å². The second kappa shape index (κ2) is 6.35. The molecule has 0 spiro atoms. The molecule has 0 saturated carbocycles. The van der Waals surface area contributed by atoms with Crippen LogP contribution in [-0.2, 0) is 4.79 Å². The molecule has 2 atom stereocenters. The van der Waals surface area contributed by atoms with Gasteiger partial charge in [-0.05, 0) is 30.5 Å². The van der Waals surface area contributed by atoms with Gasteiger partial charge in [0.25, 0.3) is 0 Å². The minimum Gasteiger partial charge on any atom is -0.319 e. The Morgan fingerprint density at radius 3 is 2.45 bits per heavy atom. The number of nitrogens with one attached hydrogen (secondary N) is 1. The SMILES string of the molecule is CCC(CC)C(C)N1C(=O)CNC1c1ccc(F)cc1. The lowest BCUT2D eigenvalue weighted by atomic mass is 9.93. The number of carbonyl (C=O) groups excluding carboxylic acids is 1. The molecule has 4 heteroatoms. The summed E-state index contributed by atoms with van der Waals surface area (Å²) in [6.07, 6.45) is 1.97. The Hall–Kier alpha value is -1.42. The van der Waals surface area contributed by atoms with Crippen LogP contribution < -0.4 is 5.32 Å². The molecule has 20 heavy (non-hydrogen) atoms. The summed E-state index contributed by atoms with van der Waals surface area (Å²) in [6.45, 7) is 6.78. The fourth-order valence-corrected chi connectivity index (χ4v) is 3.10. The number of halogens is 1. The minimum atomic E-state index is -0.252. The first kappa shape index (κ1) is 15.0. The summed E-state index contributed by atoms with van der Waals surface area (Å²) in [6, 6.07) is 6.57. The maximum absolute atomic E-state index is 13.0. The van der Waals surface area contributed by atoms with Crippen molar-refractivity contribution in [3.63, 3.8) is 0 Å². The Balaban J connectivity index is 2.24. The van der Waals surface area contributed by atoms with Crippen molar-refractivity contribution in [3.05, 3.63) is 35.6 Å². The Bertz CT molecular complexity index is 456. The zero-order valence-corrected chi connectivity index (χ0v) is 12.4. The van der Waals surface area contributed by atoms with Crippen LogP contribution >= 0.6 is 0 Å². The first-order chi connectivity index (χ1) is 9.58. The number of hydrogen-bond donors (Lipinski definition) is 1. The van der Waals surface area contributed by atoms with Gasteiger partial charge in [-0.2, -0.15) is 0 Å². The lowest BCUT2D eigenvalue weighted by Crippen LogP contribution is -2.42. The van der Waals surface area contributed by atoms with Crippen molar-refractivity contribution in [2.75, 3.05) is 6.54 Å². The first-order valence-electron chi connectivity index (χ1n) is 7.38. The molecule has 0 radical (unpaired) electrons. The smallest absolute Gasteiger partial charge is 0.238 e. The Morgan fingerprint density at radius 1 is 1.30 bits per heavy atom. The standard InChI is InChI=1S/C16H23FN2O/c1-4-12(5-2)11(3)19-15(20)10-18-16(19)13-6-8-14(17)9-7-13/h6-9,11-12,16,18H,4-5,10H2,1-3H3. The van der Waals surface area contributed by atoms with Crippen LogP contribution in [0.1, 0.15) is 45.3 Å². The molecular weight excluding hydrogens is 255 g/mol. The van der Waals surface area contributed by atoms with E-state index in [4.69, 9.17) is 0 Å². The van der Waals surface area contributed by atoms with E-state index in [0.717, 1.165) is 18.4 Å². The quantitative estimate of drug-likeness (QED) is 0.897. The van der Waals surface area contributed by atoms with Gasteiger partial charge in [-0.1, -0.05) is 38.8 Å². The van der Waals surface area contributed by atoms with Crippen molar-refractivity contribution in [1.82, 2.24) is 10.2 Å². The van der Waals surface area contributed by atoms with Crippen molar-refractivity contribution >= 4 is 5.91 Å². The maximum Gasteiger partial charge on any atom is 0.238 e. The Morgan fingerprint density at radius 2 is 1.90 bits per heavy atom. The predicted octanol–water partition coefficient (Wildman–Crippen LogP) is 3.08. The van der Waals surface area contributed by atoms with Crippen LogP contribution in [0.2, 0.25) is 0 Å². The van der Waals surface area contributed by atoms with Gasteiger partial charge in [0, 0.05) is 6.04 Å². The highest BCUT2D eigenvalue weighted by Crippen LogP contribution is 2.29. The molecule has 1 aromatic carbocycles. The van der Waals surface area contributed by atoms with Crippen molar-refractivity contribution in [2.24, 2.45) is 5.92 Å². The van der Waals surface area contributed by atoms with Crippen LogP contribution in [0.15, 0.2) is 24.3 Å². The number of benzene rings is 1. The minimum absolute atomic E-state index is 0.124. The fraction of sp³-hybridized carbons (Fsp3) is 0.562. The van der Waals surface area contributed by atoms with Gasteiger partial charge in [-0.3, -0.25) is 10.1 Å². The molecule has 1 saturated heterocycles. The molecule has 1 heterocycles. The van der Waals surface area contributed by atoms with E-state index in [1.165, 1.54) is 12.1 Å². The molecule has 1 aromatic rings. The van der Waals surface area contributed by atoms with E-state index in [-0.39, 0.29) is 23.9 Å². The van der Waals surface area contributed by atoms with Gasteiger partial charge in [0.2, 0.25) is 5.91 Å². The number of hydrogen-bond acceptors (Lipinski definition) is 2. The summed E-state index contributed by atoms with van der Waals surface area (Å²) in [5.74, 6) is 0.359. The predicted molar refractivity (Wildman–Crippen MR) is 77.5 cm³/mol. The summed E-state index contributed by atoms with van der Waals surface area (Å²) in [5.41, 5.74) is 0.940. The number of carbonyl (C=O) groups is 1. The van der Waals surface area contributed by atoms with E-state index in [9.17, 15) is 9.18 Å². The van der Waals surface area contributed by atoms with Crippen molar-refractivity contribution in [3.8, 4) is 0 Å². The molecular formula is C16H23FN2O. The monoisotopic (exact) mass is 278 g/mol. The summed E-state index contributed by atoms with van der Waals surface area (Å²) in [7, 11) is 0.